The van der Waals surface area contributed by atoms with Crippen LogP contribution in [0, 0.1) is 34.6 Å². The lowest BCUT2D eigenvalue weighted by Gasteiger charge is -2.35. The molecule has 0 radical (unpaired) electrons. The van der Waals surface area contributed by atoms with Gasteiger partial charge in [0.05, 0.1) is 40.3 Å². The highest BCUT2D eigenvalue weighted by Crippen LogP contribution is 2.35. The Labute approximate surface area is 365 Å². The molecule has 6 aromatic rings. The molecule has 0 unspecified atom stereocenters. The van der Waals surface area contributed by atoms with Gasteiger partial charge in [0.1, 0.15) is 5.15 Å². The summed E-state index contributed by atoms with van der Waals surface area (Å²) >= 11 is 10.8. The van der Waals surface area contributed by atoms with E-state index in [2.05, 4.69) is 32.0 Å². The number of nitrogens with zero attached hydrogens (tertiary/aromatic N) is 8. The number of likely N-dealkylation sites (tertiary alicyclic amines) is 2. The number of hydrogen-bond donors (Lipinski definition) is 2. The molecule has 2 aromatic carbocycles. The zero-order chi connectivity index (χ0) is 44.1. The van der Waals surface area contributed by atoms with E-state index in [4.69, 9.17) is 22.4 Å². The number of fused-ring (bicyclic) bond motifs is 2. The second-order valence-electron chi connectivity index (χ2n) is 15.8. The number of rotatable bonds is 5. The molecule has 0 aliphatic carbocycles. The van der Waals surface area contributed by atoms with Crippen molar-refractivity contribution in [3.05, 3.63) is 117 Å². The Bertz CT molecular complexity index is 2540. The van der Waals surface area contributed by atoms with E-state index >= 15 is 0 Å². The van der Waals surface area contributed by atoms with Crippen LogP contribution in [0.4, 0.5) is 11.4 Å². The molecule has 0 spiro atoms. The predicted octanol–water partition coefficient (Wildman–Crippen LogP) is 8.70. The average Bonchev–Trinajstić information content (AvgIpc) is 3.82. The van der Waals surface area contributed by atoms with Crippen LogP contribution < -0.4 is 11.1 Å². The molecule has 4 aromatic heterocycles. The largest absolute Gasteiger partial charge is 0.398 e. The number of anilines is 2. The zero-order valence-electron chi connectivity index (χ0n) is 35.6. The first-order valence-electron chi connectivity index (χ1n) is 20.4. The molecule has 2 fully saturated rings. The Hall–Kier alpha value is -5.86. The molecule has 3 N–H and O–H groups in total. The van der Waals surface area contributed by atoms with E-state index in [1.54, 1.807) is 10.6 Å². The van der Waals surface area contributed by atoms with Crippen molar-refractivity contribution in [1.29, 1.82) is 0 Å². The molecular weight excluding hydrogens is 815 g/mol. The first kappa shape index (κ1) is 44.7. The van der Waals surface area contributed by atoms with Gasteiger partial charge in [-0.25, -0.2) is 19.0 Å². The molecule has 2 atom stereocenters. The van der Waals surface area contributed by atoms with Crippen molar-refractivity contribution in [2.75, 3.05) is 24.1 Å². The fourth-order valence-corrected chi connectivity index (χ4v) is 7.85. The van der Waals surface area contributed by atoms with E-state index in [0.29, 0.717) is 39.8 Å². The lowest BCUT2D eigenvalue weighted by Crippen LogP contribution is -2.39. The number of carbonyl (C=O) groups excluding carboxylic acids is 4. The van der Waals surface area contributed by atoms with Crippen molar-refractivity contribution < 1.29 is 19.2 Å². The van der Waals surface area contributed by atoms with Gasteiger partial charge in [-0.3, -0.25) is 19.2 Å². The number of amides is 3. The molecule has 2 aliphatic heterocycles. The summed E-state index contributed by atoms with van der Waals surface area (Å²) in [5, 5.41) is 12.3. The van der Waals surface area contributed by atoms with E-state index in [0.717, 1.165) is 90.1 Å². The average molecular weight is 868 g/mol. The highest BCUT2D eigenvalue weighted by molar-refractivity contribution is 6.62. The molecule has 320 valence electrons. The maximum absolute atomic E-state index is 13.6. The fraction of sp³-hybridized carbons (Fsp3) is 0.378. The summed E-state index contributed by atoms with van der Waals surface area (Å²) < 4.78 is 3.53. The van der Waals surface area contributed by atoms with Crippen LogP contribution in [0.15, 0.2) is 60.9 Å². The number of benzene rings is 2. The Morgan fingerprint density at radius 1 is 0.689 bits per heavy atom. The molecule has 6 heterocycles. The molecular formula is C45H52Cl2N10O4. The maximum Gasteiger partial charge on any atom is 0.256 e. The van der Waals surface area contributed by atoms with E-state index in [-0.39, 0.29) is 35.0 Å². The molecule has 0 bridgehead atoms. The molecule has 3 amide bonds. The van der Waals surface area contributed by atoms with Crippen LogP contribution >= 0.6 is 23.2 Å². The lowest BCUT2D eigenvalue weighted by molar-refractivity contribution is -0.114. The third kappa shape index (κ3) is 10.5. The Balaban J connectivity index is 0.000000189. The quantitative estimate of drug-likeness (QED) is 0.0977. The van der Waals surface area contributed by atoms with Crippen molar-refractivity contribution in [1.82, 2.24) is 39.0 Å². The number of nitrogen functional groups attached to an aromatic ring is 1. The number of hydrogen-bond acceptors (Lipinski definition) is 9. The number of aromatic nitrogens is 6. The van der Waals surface area contributed by atoms with E-state index in [1.807, 2.05) is 104 Å². The van der Waals surface area contributed by atoms with E-state index < -0.39 is 0 Å². The SMILES string of the molecule is CC(=O)Cl.CC(=O)Nc1ccc(C)cc1C(=O)N1CCCC[C@H]1c1cc2nc(Cl)c(C)cn2n1.Cc1ccc(N)c(C(=O)N2CCCC[C@H]2c2cc3nc(C)c(C)cn3n2)c1. The van der Waals surface area contributed by atoms with Crippen LogP contribution in [0.5, 0.6) is 0 Å². The highest BCUT2D eigenvalue weighted by atomic mass is 35.5. The van der Waals surface area contributed by atoms with Crippen LogP contribution in [0.25, 0.3) is 11.3 Å². The minimum atomic E-state index is -0.361. The number of aryl methyl sites for hydroxylation is 5. The number of carbonyl (C=O) groups is 4. The summed E-state index contributed by atoms with van der Waals surface area (Å²) in [6.45, 7) is 13.9. The van der Waals surface area contributed by atoms with Gasteiger partial charge < -0.3 is 20.9 Å². The minimum absolute atomic E-state index is 0.0155. The van der Waals surface area contributed by atoms with Crippen molar-refractivity contribution >= 4 is 68.8 Å². The molecule has 16 heteroatoms. The lowest BCUT2D eigenvalue weighted by atomic mass is 9.97. The first-order valence-corrected chi connectivity index (χ1v) is 21.1. The third-order valence-electron chi connectivity index (χ3n) is 10.9. The van der Waals surface area contributed by atoms with Gasteiger partial charge in [-0.15, -0.1) is 0 Å². The van der Waals surface area contributed by atoms with Gasteiger partial charge in [-0.1, -0.05) is 34.9 Å². The number of halogens is 2. The van der Waals surface area contributed by atoms with Gasteiger partial charge in [-0.05, 0) is 115 Å². The molecule has 2 aliphatic rings. The van der Waals surface area contributed by atoms with Crippen molar-refractivity contribution in [2.45, 2.75) is 99.1 Å². The first-order chi connectivity index (χ1) is 29.0. The monoisotopic (exact) mass is 866 g/mol. The fourth-order valence-electron chi connectivity index (χ4n) is 7.71. The van der Waals surface area contributed by atoms with E-state index in [9.17, 15) is 19.2 Å². The van der Waals surface area contributed by atoms with Gasteiger partial charge in [0.2, 0.25) is 11.1 Å². The van der Waals surface area contributed by atoms with E-state index in [1.165, 1.54) is 13.8 Å². The maximum atomic E-state index is 13.6. The molecule has 2 saturated heterocycles. The summed E-state index contributed by atoms with van der Waals surface area (Å²) in [4.78, 5) is 60.5. The summed E-state index contributed by atoms with van der Waals surface area (Å²) in [5.74, 6) is -0.327. The number of nitrogens with one attached hydrogen (secondary N) is 1. The normalized spacial score (nSPS) is 16.3. The summed E-state index contributed by atoms with van der Waals surface area (Å²) in [7, 11) is 0. The number of nitrogens with two attached hydrogens (primary N) is 1. The van der Waals surface area contributed by atoms with Crippen LogP contribution in [-0.4, -0.2) is 75.0 Å². The Morgan fingerprint density at radius 2 is 1.18 bits per heavy atom. The second-order valence-corrected chi connectivity index (χ2v) is 16.7. The predicted molar refractivity (Wildman–Crippen MR) is 238 cm³/mol. The standard InChI is InChI=1S/C22H24ClN5O2.C21H25N5O.C2H3ClO/c1-13-7-8-17(24-15(3)29)16(10-13)22(30)27-9-5-4-6-19(27)18-11-20-25-21(23)14(2)12-28(20)26-18;1-13-7-8-17(22)16(10-13)21(27)25-9-5-4-6-19(25)18-11-20-23-15(3)14(2)12-26(20)24-18;1-2(3)4/h7-8,10-12,19H,4-6,9H2,1-3H3,(H,24,29);7-8,10-12,19H,4-6,9,22H2,1-3H3;1H3/t2*19-;/m00./s1. The van der Waals surface area contributed by atoms with Crippen molar-refractivity contribution in [2.24, 2.45) is 0 Å². The second kappa shape index (κ2) is 19.2. The topological polar surface area (TPSA) is 173 Å². The number of piperidine rings is 2. The molecule has 0 saturated carbocycles. The van der Waals surface area contributed by atoms with Gasteiger partial charge in [0.15, 0.2) is 11.3 Å². The van der Waals surface area contributed by atoms with Crippen LogP contribution in [0.3, 0.4) is 0 Å². The molecule has 14 nitrogen and oxygen atoms in total. The summed E-state index contributed by atoms with van der Waals surface area (Å²) in [6.07, 6.45) is 9.59. The van der Waals surface area contributed by atoms with Crippen LogP contribution in [0.2, 0.25) is 5.15 Å². The van der Waals surface area contributed by atoms with Gasteiger partial charge in [0.25, 0.3) is 11.8 Å². The molecule has 8 rings (SSSR count). The van der Waals surface area contributed by atoms with Crippen molar-refractivity contribution in [3.63, 3.8) is 0 Å². The van der Waals surface area contributed by atoms with Crippen molar-refractivity contribution in [3.8, 4) is 0 Å². The zero-order valence-corrected chi connectivity index (χ0v) is 37.1. The third-order valence-corrected chi connectivity index (χ3v) is 11.2. The Kier molecular flexibility index (Phi) is 14.1. The summed E-state index contributed by atoms with van der Waals surface area (Å²) in [6, 6.07) is 14.8. The van der Waals surface area contributed by atoms with Crippen LogP contribution in [0.1, 0.15) is 125 Å². The Morgan fingerprint density at radius 3 is 1.74 bits per heavy atom. The minimum Gasteiger partial charge on any atom is -0.398 e. The van der Waals surface area contributed by atoms with Crippen LogP contribution in [-0.2, 0) is 9.59 Å². The molecule has 61 heavy (non-hydrogen) atoms. The van der Waals surface area contributed by atoms with Gasteiger partial charge in [-0.2, -0.15) is 10.2 Å². The summed E-state index contributed by atoms with van der Waals surface area (Å²) in [5.41, 5.74) is 16.3. The van der Waals surface area contributed by atoms with Gasteiger partial charge in [0, 0.05) is 68.4 Å². The van der Waals surface area contributed by atoms with Gasteiger partial charge >= 0.3 is 0 Å². The smallest absolute Gasteiger partial charge is 0.256 e. The highest BCUT2D eigenvalue weighted by Gasteiger charge is 2.33.